The molecule has 4 aromatic rings. The normalized spacial score (nSPS) is 15.6. The van der Waals surface area contributed by atoms with Crippen LogP contribution < -0.4 is 11.1 Å². The van der Waals surface area contributed by atoms with Gasteiger partial charge >= 0.3 is 5.97 Å². The molecule has 0 aliphatic carbocycles. The maximum absolute atomic E-state index is 12.4. The van der Waals surface area contributed by atoms with Crippen LogP contribution in [0.4, 0.5) is 0 Å². The molecule has 2 aromatic heterocycles. The highest BCUT2D eigenvalue weighted by atomic mass is 16.7. The number of aromatic nitrogens is 2. The second kappa shape index (κ2) is 12.8. The van der Waals surface area contributed by atoms with Gasteiger partial charge in [-0.1, -0.05) is 24.3 Å². The zero-order valence-corrected chi connectivity index (χ0v) is 23.7. The molecule has 0 radical (unpaired) electrons. The molecular formula is C31H32N2O9. The SMILES string of the molecule is COC(=O)c1cc(=O)n(CC2OCCO2)c2cc(C)ccc12.Cc1ccc2c(C=O)cc(=O)n(CC3OCCO3)c2c1. The number of methoxy groups -OCH3 is 1. The van der Waals surface area contributed by atoms with Crippen molar-refractivity contribution in [2.75, 3.05) is 33.5 Å². The third-order valence-electron chi connectivity index (χ3n) is 7.15. The molecule has 2 saturated heterocycles. The number of ether oxygens (including phenoxy) is 5. The average Bonchev–Trinajstić information content (AvgIpc) is 3.70. The van der Waals surface area contributed by atoms with Crippen molar-refractivity contribution in [2.45, 2.75) is 39.5 Å². The Hall–Kier alpha value is -4.16. The van der Waals surface area contributed by atoms with Crippen LogP contribution in [-0.2, 0) is 36.8 Å². The number of esters is 1. The molecule has 0 amide bonds. The van der Waals surface area contributed by atoms with Crippen LogP contribution >= 0.6 is 0 Å². The number of hydrogen-bond donors (Lipinski definition) is 0. The molecule has 2 fully saturated rings. The molecule has 2 aromatic carbocycles. The first-order chi connectivity index (χ1) is 20.3. The van der Waals surface area contributed by atoms with E-state index in [1.165, 1.54) is 19.2 Å². The van der Waals surface area contributed by atoms with E-state index < -0.39 is 18.5 Å². The molecule has 11 heteroatoms. The Kier molecular flexibility index (Phi) is 8.93. The van der Waals surface area contributed by atoms with E-state index in [4.69, 9.17) is 23.7 Å². The monoisotopic (exact) mass is 576 g/mol. The highest BCUT2D eigenvalue weighted by Crippen LogP contribution is 2.21. The Bertz CT molecular complexity index is 1750. The summed E-state index contributed by atoms with van der Waals surface area (Å²) in [5, 5.41) is 1.44. The van der Waals surface area contributed by atoms with Crippen LogP contribution in [0, 0.1) is 13.8 Å². The minimum Gasteiger partial charge on any atom is -0.465 e. The molecule has 42 heavy (non-hydrogen) atoms. The molecule has 0 atom stereocenters. The Morgan fingerprint density at radius 3 is 1.76 bits per heavy atom. The van der Waals surface area contributed by atoms with Crippen LogP contribution in [0.2, 0.25) is 0 Å². The summed E-state index contributed by atoms with van der Waals surface area (Å²) < 4.78 is 29.6. The van der Waals surface area contributed by atoms with Gasteiger partial charge < -0.3 is 32.8 Å². The Morgan fingerprint density at radius 1 is 0.786 bits per heavy atom. The molecule has 220 valence electrons. The van der Waals surface area contributed by atoms with Crippen LogP contribution in [-0.4, -0.2) is 67.5 Å². The fourth-order valence-electron chi connectivity index (χ4n) is 5.08. The maximum atomic E-state index is 12.4. The first kappa shape index (κ1) is 29.3. The topological polar surface area (TPSA) is 124 Å². The summed E-state index contributed by atoms with van der Waals surface area (Å²) in [6.45, 7) is 6.64. The highest BCUT2D eigenvalue weighted by molar-refractivity contribution is 6.03. The van der Waals surface area contributed by atoms with E-state index in [2.05, 4.69) is 0 Å². The Morgan fingerprint density at radius 2 is 1.26 bits per heavy atom. The van der Waals surface area contributed by atoms with Gasteiger partial charge in [-0.25, -0.2) is 4.79 Å². The van der Waals surface area contributed by atoms with Crippen molar-refractivity contribution in [3.8, 4) is 0 Å². The number of carbonyl (C=O) groups excluding carboxylic acids is 2. The van der Waals surface area contributed by atoms with Crippen molar-refractivity contribution in [1.82, 2.24) is 9.13 Å². The smallest absolute Gasteiger partial charge is 0.338 e. The number of benzene rings is 2. The number of aryl methyl sites for hydroxylation is 2. The maximum Gasteiger partial charge on any atom is 0.338 e. The van der Waals surface area contributed by atoms with Gasteiger partial charge in [0.1, 0.15) is 0 Å². The van der Waals surface area contributed by atoms with Crippen molar-refractivity contribution in [1.29, 1.82) is 0 Å². The van der Waals surface area contributed by atoms with Crippen LogP contribution in [0.1, 0.15) is 31.8 Å². The fraction of sp³-hybridized carbons (Fsp3) is 0.355. The number of pyridine rings is 2. The molecule has 0 unspecified atom stereocenters. The number of rotatable bonds is 6. The van der Waals surface area contributed by atoms with Crippen LogP contribution in [0.3, 0.4) is 0 Å². The van der Waals surface area contributed by atoms with E-state index in [-0.39, 0.29) is 16.7 Å². The Labute approximate surface area is 241 Å². The van der Waals surface area contributed by atoms with Crippen molar-refractivity contribution in [2.24, 2.45) is 0 Å². The van der Waals surface area contributed by atoms with E-state index in [0.29, 0.717) is 62.3 Å². The van der Waals surface area contributed by atoms with Gasteiger partial charge in [0.25, 0.3) is 11.1 Å². The molecule has 6 rings (SSSR count). The van der Waals surface area contributed by atoms with Gasteiger partial charge in [0.05, 0.1) is 63.2 Å². The van der Waals surface area contributed by atoms with Crippen molar-refractivity contribution >= 4 is 34.1 Å². The largest absolute Gasteiger partial charge is 0.465 e. The molecular weight excluding hydrogens is 544 g/mol. The second-order valence-electron chi connectivity index (χ2n) is 10.0. The first-order valence-corrected chi connectivity index (χ1v) is 13.6. The van der Waals surface area contributed by atoms with E-state index in [1.54, 1.807) is 9.13 Å². The standard InChI is InChI=1S/C16H17NO5.C15H15NO4/c1-10-3-4-11-12(16(19)20-2)8-14(18)17(13(11)7-10)9-15-21-5-6-22-15;1-10-2-3-12-11(9-17)7-14(18)16(13(12)6-10)8-15-19-4-5-20-15/h3-4,7-8,15H,5-6,9H2,1-2H3;2-3,6-7,9,15H,4-5,8H2,1H3. The van der Waals surface area contributed by atoms with Crippen LogP contribution in [0.25, 0.3) is 21.8 Å². The summed E-state index contributed by atoms with van der Waals surface area (Å²) in [6, 6.07) is 13.9. The van der Waals surface area contributed by atoms with Crippen molar-refractivity contribution in [3.63, 3.8) is 0 Å². The number of aldehydes is 1. The van der Waals surface area contributed by atoms with Gasteiger partial charge in [-0.3, -0.25) is 14.4 Å². The second-order valence-corrected chi connectivity index (χ2v) is 10.0. The minimum atomic E-state index is -0.522. The molecule has 2 aliphatic rings. The summed E-state index contributed by atoms with van der Waals surface area (Å²) in [5.74, 6) is -0.522. The summed E-state index contributed by atoms with van der Waals surface area (Å²) >= 11 is 0. The quantitative estimate of drug-likeness (QED) is 0.252. The summed E-state index contributed by atoms with van der Waals surface area (Å²) in [5.41, 5.74) is 3.62. The predicted molar refractivity (Wildman–Crippen MR) is 154 cm³/mol. The number of fused-ring (bicyclic) bond motifs is 2. The van der Waals surface area contributed by atoms with Gasteiger partial charge in [0, 0.05) is 28.5 Å². The van der Waals surface area contributed by atoms with Gasteiger partial charge in [0.15, 0.2) is 18.9 Å². The van der Waals surface area contributed by atoms with Gasteiger partial charge in [-0.05, 0) is 37.1 Å². The average molecular weight is 577 g/mol. The summed E-state index contributed by atoms with van der Waals surface area (Å²) in [4.78, 5) is 47.6. The number of carbonyl (C=O) groups is 2. The highest BCUT2D eigenvalue weighted by Gasteiger charge is 2.21. The van der Waals surface area contributed by atoms with Crippen molar-refractivity contribution in [3.05, 3.63) is 91.5 Å². The molecule has 0 N–H and O–H groups in total. The zero-order valence-electron chi connectivity index (χ0n) is 23.7. The number of hydrogen-bond acceptors (Lipinski definition) is 9. The lowest BCUT2D eigenvalue weighted by atomic mass is 10.1. The lowest BCUT2D eigenvalue weighted by molar-refractivity contribution is -0.0525. The third kappa shape index (κ3) is 6.19. The van der Waals surface area contributed by atoms with Gasteiger partial charge in [-0.15, -0.1) is 0 Å². The van der Waals surface area contributed by atoms with Crippen LogP contribution in [0.5, 0.6) is 0 Å². The van der Waals surface area contributed by atoms with Gasteiger partial charge in [0.2, 0.25) is 0 Å². The summed E-state index contributed by atoms with van der Waals surface area (Å²) in [7, 11) is 1.30. The van der Waals surface area contributed by atoms with E-state index in [9.17, 15) is 19.2 Å². The van der Waals surface area contributed by atoms with Gasteiger partial charge in [-0.2, -0.15) is 0 Å². The fourth-order valence-corrected chi connectivity index (χ4v) is 5.08. The zero-order chi connectivity index (χ0) is 29.8. The van der Waals surface area contributed by atoms with Crippen molar-refractivity contribution < 1.29 is 33.3 Å². The van der Waals surface area contributed by atoms with E-state index in [0.717, 1.165) is 22.0 Å². The van der Waals surface area contributed by atoms with Crippen LogP contribution in [0.15, 0.2) is 58.1 Å². The molecule has 0 spiro atoms. The van der Waals surface area contributed by atoms with E-state index >= 15 is 0 Å². The molecule has 11 nitrogen and oxygen atoms in total. The first-order valence-electron chi connectivity index (χ1n) is 13.6. The lowest BCUT2D eigenvalue weighted by Crippen LogP contribution is -2.28. The number of nitrogens with zero attached hydrogens (tertiary/aromatic N) is 2. The predicted octanol–water partition coefficient (Wildman–Crippen LogP) is 2.96. The van der Waals surface area contributed by atoms with E-state index in [1.807, 2.05) is 50.2 Å². The molecule has 0 saturated carbocycles. The third-order valence-corrected chi connectivity index (χ3v) is 7.15. The molecule has 0 bridgehead atoms. The summed E-state index contributed by atoms with van der Waals surface area (Å²) in [6.07, 6.45) is -0.129. The minimum absolute atomic E-state index is 0.218. The Balaban J connectivity index is 0.000000169. The lowest BCUT2D eigenvalue weighted by Gasteiger charge is -2.16. The molecule has 2 aliphatic heterocycles. The molecule has 4 heterocycles.